The van der Waals surface area contributed by atoms with Crippen LogP contribution in [0.3, 0.4) is 0 Å². The first-order valence-corrected chi connectivity index (χ1v) is 7.47. The van der Waals surface area contributed by atoms with Crippen LogP contribution >= 0.6 is 11.6 Å². The van der Waals surface area contributed by atoms with E-state index >= 15 is 0 Å². The van der Waals surface area contributed by atoms with Gasteiger partial charge in [-0.25, -0.2) is 4.68 Å². The second-order valence-electron chi connectivity index (χ2n) is 5.34. The van der Waals surface area contributed by atoms with Crippen molar-refractivity contribution in [3.8, 4) is 11.3 Å². The number of ether oxygens (including phenoxy) is 1. The van der Waals surface area contributed by atoms with Crippen LogP contribution in [0.4, 0.5) is 0 Å². The number of rotatable bonds is 3. The first-order chi connectivity index (χ1) is 10.7. The van der Waals surface area contributed by atoms with Crippen LogP contribution in [0.2, 0.25) is 5.02 Å². The molecule has 110 valence electrons. The minimum absolute atomic E-state index is 0.0798. The molecule has 1 saturated heterocycles. The summed E-state index contributed by atoms with van der Waals surface area (Å²) < 4.78 is 6.73. The van der Waals surface area contributed by atoms with E-state index in [0.717, 1.165) is 16.6 Å². The topological polar surface area (TPSA) is 47.4 Å². The molecule has 1 atom stereocenters. The normalized spacial score (nSPS) is 16.9. The highest BCUT2D eigenvalue weighted by atomic mass is 35.5. The molecule has 0 bridgehead atoms. The molecule has 4 rings (SSSR count). The van der Waals surface area contributed by atoms with Gasteiger partial charge in [0.15, 0.2) is 0 Å². The lowest BCUT2D eigenvalue weighted by Crippen LogP contribution is -2.26. The Balaban J connectivity index is 1.97. The SMILES string of the molecule is O=c1c2ccccc2c(-c2ccc(Cl)cc2)nn1CC1CO1. The molecule has 4 nitrogen and oxygen atoms in total. The fourth-order valence-corrected chi connectivity index (χ4v) is 2.67. The van der Waals surface area contributed by atoms with E-state index in [1.54, 1.807) is 0 Å². The molecule has 1 fully saturated rings. The first kappa shape index (κ1) is 13.5. The van der Waals surface area contributed by atoms with Crippen molar-refractivity contribution in [3.05, 3.63) is 63.9 Å². The van der Waals surface area contributed by atoms with Crippen molar-refractivity contribution in [2.75, 3.05) is 6.61 Å². The minimum atomic E-state index is -0.0798. The third-order valence-corrected chi connectivity index (χ3v) is 4.02. The Kier molecular flexibility index (Phi) is 3.21. The summed E-state index contributed by atoms with van der Waals surface area (Å²) in [5.41, 5.74) is 1.64. The summed E-state index contributed by atoms with van der Waals surface area (Å²) in [7, 11) is 0. The van der Waals surface area contributed by atoms with E-state index in [9.17, 15) is 4.79 Å². The Morgan fingerprint density at radius 1 is 1.14 bits per heavy atom. The molecule has 1 aliphatic heterocycles. The Bertz CT molecular complexity index is 899. The Morgan fingerprint density at radius 3 is 2.50 bits per heavy atom. The second-order valence-corrected chi connectivity index (χ2v) is 5.78. The predicted molar refractivity (Wildman–Crippen MR) is 86.2 cm³/mol. The molecule has 2 aromatic carbocycles. The summed E-state index contributed by atoms with van der Waals surface area (Å²) in [4.78, 5) is 12.6. The van der Waals surface area contributed by atoms with Crippen molar-refractivity contribution in [1.82, 2.24) is 9.78 Å². The zero-order chi connectivity index (χ0) is 15.1. The highest BCUT2D eigenvalue weighted by molar-refractivity contribution is 6.30. The summed E-state index contributed by atoms with van der Waals surface area (Å²) >= 11 is 5.96. The number of nitrogens with zero attached hydrogens (tertiary/aromatic N) is 2. The monoisotopic (exact) mass is 312 g/mol. The van der Waals surface area contributed by atoms with Gasteiger partial charge < -0.3 is 4.74 Å². The van der Waals surface area contributed by atoms with Crippen molar-refractivity contribution >= 4 is 22.4 Å². The van der Waals surface area contributed by atoms with Crippen molar-refractivity contribution in [2.45, 2.75) is 12.6 Å². The molecular formula is C17H13ClN2O2. The molecule has 3 aromatic rings. The molecular weight excluding hydrogens is 300 g/mol. The largest absolute Gasteiger partial charge is 0.371 e. The average molecular weight is 313 g/mol. The van der Waals surface area contributed by atoms with Crippen LogP contribution < -0.4 is 5.56 Å². The molecule has 0 amide bonds. The maximum Gasteiger partial charge on any atom is 0.274 e. The smallest absolute Gasteiger partial charge is 0.274 e. The second kappa shape index (κ2) is 5.23. The molecule has 1 aliphatic rings. The molecule has 1 aromatic heterocycles. The van der Waals surface area contributed by atoms with Gasteiger partial charge in [-0.15, -0.1) is 0 Å². The van der Waals surface area contributed by atoms with Crippen LogP contribution in [0.5, 0.6) is 0 Å². The van der Waals surface area contributed by atoms with Crippen molar-refractivity contribution < 1.29 is 4.74 Å². The highest BCUT2D eigenvalue weighted by Gasteiger charge is 2.24. The fourth-order valence-electron chi connectivity index (χ4n) is 2.55. The van der Waals surface area contributed by atoms with Gasteiger partial charge in [-0.1, -0.05) is 41.9 Å². The van der Waals surface area contributed by atoms with Crippen molar-refractivity contribution in [2.24, 2.45) is 0 Å². The number of aromatic nitrogens is 2. The maximum absolute atomic E-state index is 12.6. The molecule has 0 N–H and O–H groups in total. The van der Waals surface area contributed by atoms with E-state index in [-0.39, 0.29) is 11.7 Å². The molecule has 0 radical (unpaired) electrons. The van der Waals surface area contributed by atoms with E-state index in [0.29, 0.717) is 23.6 Å². The van der Waals surface area contributed by atoms with Gasteiger partial charge in [-0.2, -0.15) is 5.10 Å². The van der Waals surface area contributed by atoms with Crippen LogP contribution in [0.1, 0.15) is 0 Å². The van der Waals surface area contributed by atoms with Crippen molar-refractivity contribution in [1.29, 1.82) is 0 Å². The molecule has 5 heteroatoms. The van der Waals surface area contributed by atoms with Gasteiger partial charge >= 0.3 is 0 Å². The van der Waals surface area contributed by atoms with Gasteiger partial charge in [0.25, 0.3) is 5.56 Å². The summed E-state index contributed by atoms with van der Waals surface area (Å²) in [5.74, 6) is 0. The molecule has 0 aliphatic carbocycles. The number of epoxide rings is 1. The summed E-state index contributed by atoms with van der Waals surface area (Å²) in [6, 6.07) is 15.0. The van der Waals surface area contributed by atoms with E-state index in [1.165, 1.54) is 4.68 Å². The average Bonchev–Trinajstić information content (AvgIpc) is 3.35. The molecule has 0 saturated carbocycles. The van der Waals surface area contributed by atoms with Crippen LogP contribution in [-0.2, 0) is 11.3 Å². The number of fused-ring (bicyclic) bond motifs is 1. The van der Waals surface area contributed by atoms with Gasteiger partial charge in [0.2, 0.25) is 0 Å². The van der Waals surface area contributed by atoms with Gasteiger partial charge in [0.1, 0.15) is 6.10 Å². The number of hydrogen-bond donors (Lipinski definition) is 0. The summed E-state index contributed by atoms with van der Waals surface area (Å²) in [5, 5.41) is 6.75. The van der Waals surface area contributed by atoms with Gasteiger partial charge in [0, 0.05) is 16.0 Å². The minimum Gasteiger partial charge on any atom is -0.371 e. The fraction of sp³-hybridized carbons (Fsp3) is 0.176. The van der Waals surface area contributed by atoms with Gasteiger partial charge in [0.05, 0.1) is 24.2 Å². The third kappa shape index (κ3) is 2.40. The number of halogens is 1. The number of hydrogen-bond acceptors (Lipinski definition) is 3. The first-order valence-electron chi connectivity index (χ1n) is 7.10. The Morgan fingerprint density at radius 2 is 1.82 bits per heavy atom. The molecule has 0 spiro atoms. The van der Waals surface area contributed by atoms with Gasteiger partial charge in [-0.05, 0) is 18.2 Å². The lowest BCUT2D eigenvalue weighted by molar-refractivity contribution is 0.369. The lowest BCUT2D eigenvalue weighted by Gasteiger charge is -2.10. The number of benzene rings is 2. The van der Waals surface area contributed by atoms with Crippen LogP contribution in [0, 0.1) is 0 Å². The molecule has 22 heavy (non-hydrogen) atoms. The summed E-state index contributed by atoms with van der Waals surface area (Å²) in [6.07, 6.45) is 0.101. The van der Waals surface area contributed by atoms with Crippen LogP contribution in [-0.4, -0.2) is 22.5 Å². The summed E-state index contributed by atoms with van der Waals surface area (Å²) in [6.45, 7) is 1.18. The van der Waals surface area contributed by atoms with Gasteiger partial charge in [-0.3, -0.25) is 4.79 Å². The molecule has 2 heterocycles. The lowest BCUT2D eigenvalue weighted by atomic mass is 10.1. The van der Waals surface area contributed by atoms with E-state index in [2.05, 4.69) is 5.10 Å². The van der Waals surface area contributed by atoms with E-state index < -0.39 is 0 Å². The highest BCUT2D eigenvalue weighted by Crippen LogP contribution is 2.26. The van der Waals surface area contributed by atoms with E-state index in [4.69, 9.17) is 16.3 Å². The van der Waals surface area contributed by atoms with Crippen LogP contribution in [0.25, 0.3) is 22.0 Å². The predicted octanol–water partition coefficient (Wildman–Crippen LogP) is 3.12. The van der Waals surface area contributed by atoms with Crippen LogP contribution in [0.15, 0.2) is 53.3 Å². The Labute approximate surface area is 131 Å². The third-order valence-electron chi connectivity index (χ3n) is 3.76. The Hall–Kier alpha value is -2.17. The quantitative estimate of drug-likeness (QED) is 0.698. The standard InChI is InChI=1S/C17H13ClN2O2/c18-12-7-5-11(6-8-12)16-14-3-1-2-4-15(14)17(21)20(19-16)9-13-10-22-13/h1-8,13H,9-10H2. The van der Waals surface area contributed by atoms with Crippen molar-refractivity contribution in [3.63, 3.8) is 0 Å². The molecule has 1 unspecified atom stereocenters. The van der Waals surface area contributed by atoms with E-state index in [1.807, 2.05) is 48.5 Å². The maximum atomic E-state index is 12.6. The zero-order valence-electron chi connectivity index (χ0n) is 11.7. The zero-order valence-corrected chi connectivity index (χ0v) is 12.5.